The fourth-order valence-electron chi connectivity index (χ4n) is 3.51. The van der Waals surface area contributed by atoms with E-state index in [4.69, 9.17) is 4.74 Å². The quantitative estimate of drug-likeness (QED) is 0.847. The first kappa shape index (κ1) is 14.2. The smallest absolute Gasteiger partial charge is 0.119 e. The third kappa shape index (κ3) is 4.15. The maximum atomic E-state index is 5.47. The number of rotatable bonds is 4. The standard InChI is InChI=1S/C17H27NO/c1-5-19-16-8-6-14(7-9-16)18-15-10-13(2)11-17(3,4)12-15/h6-9,13,15,18H,5,10-12H2,1-4H3. The zero-order valence-electron chi connectivity index (χ0n) is 12.7. The molecule has 0 aromatic heterocycles. The Hall–Kier alpha value is -1.18. The lowest BCUT2D eigenvalue weighted by Crippen LogP contribution is -2.35. The molecule has 0 radical (unpaired) electrons. The zero-order valence-corrected chi connectivity index (χ0v) is 12.7. The number of ether oxygens (including phenoxy) is 1. The molecular formula is C17H27NO. The Bertz CT molecular complexity index is 396. The first-order valence-corrected chi connectivity index (χ1v) is 7.48. The van der Waals surface area contributed by atoms with Gasteiger partial charge in [-0.2, -0.15) is 0 Å². The number of hydrogen-bond acceptors (Lipinski definition) is 2. The van der Waals surface area contributed by atoms with Crippen LogP contribution in [-0.2, 0) is 0 Å². The maximum Gasteiger partial charge on any atom is 0.119 e. The molecule has 2 rings (SSSR count). The number of nitrogens with one attached hydrogen (secondary N) is 1. The predicted molar refractivity (Wildman–Crippen MR) is 81.8 cm³/mol. The largest absolute Gasteiger partial charge is 0.494 e. The summed E-state index contributed by atoms with van der Waals surface area (Å²) in [5, 5.41) is 3.68. The summed E-state index contributed by atoms with van der Waals surface area (Å²) in [5.74, 6) is 1.76. The number of benzene rings is 1. The summed E-state index contributed by atoms with van der Waals surface area (Å²) in [5.41, 5.74) is 1.67. The summed E-state index contributed by atoms with van der Waals surface area (Å²) in [4.78, 5) is 0. The van der Waals surface area contributed by atoms with Crippen molar-refractivity contribution in [3.05, 3.63) is 24.3 Å². The van der Waals surface area contributed by atoms with E-state index < -0.39 is 0 Å². The molecule has 1 aromatic rings. The lowest BCUT2D eigenvalue weighted by molar-refractivity contribution is 0.178. The van der Waals surface area contributed by atoms with Crippen molar-refractivity contribution in [3.63, 3.8) is 0 Å². The van der Waals surface area contributed by atoms with Gasteiger partial charge in [-0.25, -0.2) is 0 Å². The van der Waals surface area contributed by atoms with Crippen LogP contribution in [0.2, 0.25) is 0 Å². The summed E-state index contributed by atoms with van der Waals surface area (Å²) >= 11 is 0. The van der Waals surface area contributed by atoms with Gasteiger partial charge in [0.15, 0.2) is 0 Å². The van der Waals surface area contributed by atoms with Crippen LogP contribution in [0.3, 0.4) is 0 Å². The second kappa shape index (κ2) is 5.85. The minimum Gasteiger partial charge on any atom is -0.494 e. The van der Waals surface area contributed by atoms with Crippen LogP contribution < -0.4 is 10.1 Å². The van der Waals surface area contributed by atoms with E-state index in [2.05, 4.69) is 38.2 Å². The Labute approximate surface area is 117 Å². The Morgan fingerprint density at radius 1 is 1.21 bits per heavy atom. The monoisotopic (exact) mass is 261 g/mol. The van der Waals surface area contributed by atoms with Crippen molar-refractivity contribution in [1.82, 2.24) is 0 Å². The molecule has 1 fully saturated rings. The zero-order chi connectivity index (χ0) is 13.9. The van der Waals surface area contributed by atoms with Gasteiger partial charge in [0.25, 0.3) is 0 Å². The van der Waals surface area contributed by atoms with Gasteiger partial charge in [-0.05, 0) is 61.8 Å². The fraction of sp³-hybridized carbons (Fsp3) is 0.647. The summed E-state index contributed by atoms with van der Waals surface area (Å²) in [6, 6.07) is 8.93. The fourth-order valence-corrected chi connectivity index (χ4v) is 3.51. The highest BCUT2D eigenvalue weighted by Crippen LogP contribution is 2.39. The van der Waals surface area contributed by atoms with Crippen LogP contribution >= 0.6 is 0 Å². The molecule has 2 nitrogen and oxygen atoms in total. The maximum absolute atomic E-state index is 5.47. The van der Waals surface area contributed by atoms with Crippen molar-refractivity contribution in [1.29, 1.82) is 0 Å². The SMILES string of the molecule is CCOc1ccc(NC2CC(C)CC(C)(C)C2)cc1. The van der Waals surface area contributed by atoms with Gasteiger partial charge in [-0.1, -0.05) is 20.8 Å². The van der Waals surface area contributed by atoms with Gasteiger partial charge in [0, 0.05) is 11.7 Å². The molecule has 0 saturated heterocycles. The van der Waals surface area contributed by atoms with Gasteiger partial charge < -0.3 is 10.1 Å². The highest BCUT2D eigenvalue weighted by Gasteiger charge is 2.31. The van der Waals surface area contributed by atoms with Gasteiger partial charge in [0.05, 0.1) is 6.61 Å². The Kier molecular flexibility index (Phi) is 4.38. The average molecular weight is 261 g/mol. The van der Waals surface area contributed by atoms with Gasteiger partial charge in [-0.3, -0.25) is 0 Å². The van der Waals surface area contributed by atoms with Gasteiger partial charge in [0.1, 0.15) is 5.75 Å². The molecule has 1 saturated carbocycles. The van der Waals surface area contributed by atoms with Crippen LogP contribution in [-0.4, -0.2) is 12.6 Å². The van der Waals surface area contributed by atoms with E-state index in [-0.39, 0.29) is 0 Å². The van der Waals surface area contributed by atoms with Crippen molar-refractivity contribution in [2.45, 2.75) is 53.0 Å². The van der Waals surface area contributed by atoms with Crippen LogP contribution in [0.1, 0.15) is 47.0 Å². The van der Waals surface area contributed by atoms with Gasteiger partial charge in [-0.15, -0.1) is 0 Å². The number of hydrogen-bond donors (Lipinski definition) is 1. The Morgan fingerprint density at radius 3 is 2.47 bits per heavy atom. The summed E-state index contributed by atoms with van der Waals surface area (Å²) in [6.07, 6.45) is 3.87. The second-order valence-corrected chi connectivity index (χ2v) is 6.71. The average Bonchev–Trinajstić information content (AvgIpc) is 2.29. The predicted octanol–water partition coefficient (Wildman–Crippen LogP) is 4.71. The van der Waals surface area contributed by atoms with Crippen LogP contribution in [0.5, 0.6) is 5.75 Å². The van der Waals surface area contributed by atoms with Crippen LogP contribution in [0.25, 0.3) is 0 Å². The highest BCUT2D eigenvalue weighted by atomic mass is 16.5. The lowest BCUT2D eigenvalue weighted by Gasteiger charge is -2.39. The topological polar surface area (TPSA) is 21.3 Å². The van der Waals surface area contributed by atoms with Crippen molar-refractivity contribution in [2.24, 2.45) is 11.3 Å². The molecule has 1 aromatic carbocycles. The molecule has 1 N–H and O–H groups in total. The molecule has 0 bridgehead atoms. The Morgan fingerprint density at radius 2 is 1.89 bits per heavy atom. The number of anilines is 1. The van der Waals surface area contributed by atoms with E-state index in [0.29, 0.717) is 11.5 Å². The summed E-state index contributed by atoms with van der Waals surface area (Å²) in [6.45, 7) is 9.87. The third-order valence-electron chi connectivity index (χ3n) is 3.92. The van der Waals surface area contributed by atoms with E-state index in [1.165, 1.54) is 24.9 Å². The van der Waals surface area contributed by atoms with Gasteiger partial charge >= 0.3 is 0 Å². The van der Waals surface area contributed by atoms with E-state index >= 15 is 0 Å². The van der Waals surface area contributed by atoms with Crippen molar-refractivity contribution in [3.8, 4) is 5.75 Å². The van der Waals surface area contributed by atoms with E-state index in [0.717, 1.165) is 18.3 Å². The highest BCUT2D eigenvalue weighted by molar-refractivity contribution is 5.47. The molecular weight excluding hydrogens is 234 g/mol. The minimum atomic E-state index is 0.459. The molecule has 2 unspecified atom stereocenters. The molecule has 2 heteroatoms. The van der Waals surface area contributed by atoms with Gasteiger partial charge in [0.2, 0.25) is 0 Å². The van der Waals surface area contributed by atoms with E-state index in [9.17, 15) is 0 Å². The molecule has 0 amide bonds. The molecule has 2 atom stereocenters. The van der Waals surface area contributed by atoms with Crippen molar-refractivity contribution >= 4 is 5.69 Å². The third-order valence-corrected chi connectivity index (χ3v) is 3.92. The molecule has 106 valence electrons. The van der Waals surface area contributed by atoms with E-state index in [1.54, 1.807) is 0 Å². The van der Waals surface area contributed by atoms with Crippen molar-refractivity contribution < 1.29 is 4.74 Å². The first-order chi connectivity index (χ1) is 8.98. The molecule has 1 aliphatic carbocycles. The molecule has 19 heavy (non-hydrogen) atoms. The molecule has 0 aliphatic heterocycles. The van der Waals surface area contributed by atoms with Crippen LogP contribution in [0.4, 0.5) is 5.69 Å². The van der Waals surface area contributed by atoms with E-state index in [1.807, 2.05) is 19.1 Å². The molecule has 0 heterocycles. The lowest BCUT2D eigenvalue weighted by atomic mass is 9.70. The first-order valence-electron chi connectivity index (χ1n) is 7.48. The minimum absolute atomic E-state index is 0.459. The Balaban J connectivity index is 1.96. The normalized spacial score (nSPS) is 25.9. The summed E-state index contributed by atoms with van der Waals surface area (Å²) < 4.78 is 5.47. The van der Waals surface area contributed by atoms with Crippen LogP contribution in [0, 0.1) is 11.3 Å². The molecule has 0 spiro atoms. The summed E-state index contributed by atoms with van der Waals surface area (Å²) in [7, 11) is 0. The van der Waals surface area contributed by atoms with Crippen molar-refractivity contribution in [2.75, 3.05) is 11.9 Å². The molecule has 1 aliphatic rings. The second-order valence-electron chi connectivity index (χ2n) is 6.71. The van der Waals surface area contributed by atoms with Crippen LogP contribution in [0.15, 0.2) is 24.3 Å².